The summed E-state index contributed by atoms with van der Waals surface area (Å²) in [4.78, 5) is 0. The van der Waals surface area contributed by atoms with Gasteiger partial charge in [-0.05, 0) is 6.92 Å². The molecule has 2 N–H and O–H groups in total. The fraction of sp³-hybridized carbons (Fsp3) is 1.00. The van der Waals surface area contributed by atoms with Gasteiger partial charge in [-0.2, -0.15) is 48.7 Å². The van der Waals surface area contributed by atoms with E-state index in [2.05, 4.69) is 8.37 Å². The number of nitrogens with one attached hydrogen (secondary N) is 1. The predicted molar refractivity (Wildman–Crippen MR) is 55.2 cm³/mol. The summed E-state index contributed by atoms with van der Waals surface area (Å²) >= 11 is 0. The van der Waals surface area contributed by atoms with Gasteiger partial charge in [-0.1, -0.05) is 0 Å². The molecular formula is C6H9F6NO7S2. The molecule has 0 atom stereocenters. The fourth-order valence-corrected chi connectivity index (χ4v) is 1.75. The van der Waals surface area contributed by atoms with Gasteiger partial charge < -0.3 is 5.21 Å². The molecule has 0 aromatic rings. The quantitative estimate of drug-likeness (QED) is 0.281. The Kier molecular flexibility index (Phi) is 6.24. The Balaban J connectivity index is 4.97. The summed E-state index contributed by atoms with van der Waals surface area (Å²) in [5, 5.41) is 8.62. The van der Waals surface area contributed by atoms with Crippen LogP contribution in [0.4, 0.5) is 26.3 Å². The first-order valence-corrected chi connectivity index (χ1v) is 7.62. The molecule has 134 valence electrons. The minimum atomic E-state index is -6.10. The van der Waals surface area contributed by atoms with E-state index in [1.54, 1.807) is 0 Å². The predicted octanol–water partition coefficient (Wildman–Crippen LogP) is 0.456. The lowest BCUT2D eigenvalue weighted by molar-refractivity contribution is -0.0642. The molecule has 0 amide bonds. The molecular weight excluding hydrogens is 376 g/mol. The van der Waals surface area contributed by atoms with E-state index >= 15 is 0 Å². The Morgan fingerprint density at radius 3 is 1.32 bits per heavy atom. The highest BCUT2D eigenvalue weighted by Crippen LogP contribution is 2.27. The van der Waals surface area contributed by atoms with Crippen LogP contribution in [0.1, 0.15) is 6.92 Å². The molecule has 0 aromatic carbocycles. The van der Waals surface area contributed by atoms with E-state index in [9.17, 15) is 43.2 Å². The molecule has 0 radical (unpaired) electrons. The van der Waals surface area contributed by atoms with Crippen molar-refractivity contribution in [2.24, 2.45) is 0 Å². The largest absolute Gasteiger partial charge is 0.523 e. The third kappa shape index (κ3) is 5.51. The number of rotatable bonds is 7. The zero-order chi connectivity index (χ0) is 18.0. The summed E-state index contributed by atoms with van der Waals surface area (Å²) in [6.45, 7) is -2.50. The maximum Gasteiger partial charge on any atom is 0.523 e. The molecule has 0 fully saturated rings. The van der Waals surface area contributed by atoms with Gasteiger partial charge in [0.2, 0.25) is 0 Å². The van der Waals surface area contributed by atoms with Crippen molar-refractivity contribution in [1.82, 2.24) is 5.48 Å². The molecule has 22 heavy (non-hydrogen) atoms. The normalized spacial score (nSPS) is 15.1. The van der Waals surface area contributed by atoms with Crippen LogP contribution >= 0.6 is 0 Å². The van der Waals surface area contributed by atoms with Crippen LogP contribution in [0.25, 0.3) is 0 Å². The third-order valence-electron chi connectivity index (χ3n) is 1.90. The molecule has 0 saturated carbocycles. The lowest BCUT2D eigenvalue weighted by Crippen LogP contribution is -2.50. The first-order valence-electron chi connectivity index (χ1n) is 4.80. The first-order chi connectivity index (χ1) is 9.47. The summed E-state index contributed by atoms with van der Waals surface area (Å²) in [5.41, 5.74) is -12.9. The second kappa shape index (κ2) is 6.44. The molecule has 0 aliphatic heterocycles. The molecule has 0 aliphatic carbocycles. The maximum atomic E-state index is 12.0. The van der Waals surface area contributed by atoms with Crippen LogP contribution in [0.2, 0.25) is 0 Å². The van der Waals surface area contributed by atoms with E-state index in [0.29, 0.717) is 6.92 Å². The molecule has 0 unspecified atom stereocenters. The van der Waals surface area contributed by atoms with Crippen LogP contribution in [0.15, 0.2) is 0 Å². The Hall–Kier alpha value is -0.680. The Morgan fingerprint density at radius 2 is 1.14 bits per heavy atom. The average molecular weight is 385 g/mol. The third-order valence-corrected chi connectivity index (χ3v) is 3.89. The average Bonchev–Trinajstić information content (AvgIpc) is 2.31. The molecule has 0 heterocycles. The second-order valence-electron chi connectivity index (χ2n) is 4.00. The lowest BCUT2D eigenvalue weighted by Gasteiger charge is -2.26. The zero-order valence-electron chi connectivity index (χ0n) is 10.4. The van der Waals surface area contributed by atoms with Crippen molar-refractivity contribution in [3.05, 3.63) is 0 Å². The van der Waals surface area contributed by atoms with Crippen LogP contribution in [0.5, 0.6) is 0 Å². The van der Waals surface area contributed by atoms with Crippen molar-refractivity contribution in [2.75, 3.05) is 13.2 Å². The van der Waals surface area contributed by atoms with Crippen molar-refractivity contribution >= 4 is 20.2 Å². The van der Waals surface area contributed by atoms with E-state index in [-0.39, 0.29) is 0 Å². The number of hydroxylamine groups is 1. The standard InChI is InChI=1S/C6H9F6NO7S2/c1-4(13-14,2-19-21(15,16)5(7,8)9)3-20-22(17,18)6(10,11)12/h13-14H,2-3H2,1H3. The monoisotopic (exact) mass is 385 g/mol. The summed E-state index contributed by atoms with van der Waals surface area (Å²) in [6, 6.07) is 0. The van der Waals surface area contributed by atoms with E-state index < -0.39 is 50.0 Å². The summed E-state index contributed by atoms with van der Waals surface area (Å²) < 4.78 is 121. The smallest absolute Gasteiger partial charge is 0.316 e. The number of halogens is 6. The minimum absolute atomic E-state index is 0.644. The summed E-state index contributed by atoms with van der Waals surface area (Å²) in [6.07, 6.45) is 0. The highest BCUT2D eigenvalue weighted by molar-refractivity contribution is 7.87. The lowest BCUT2D eigenvalue weighted by atomic mass is 10.1. The SMILES string of the molecule is CC(COS(=O)(=O)C(F)(F)F)(COS(=O)(=O)C(F)(F)F)NO. The van der Waals surface area contributed by atoms with E-state index in [0.717, 1.165) is 5.48 Å². The van der Waals surface area contributed by atoms with E-state index in [1.165, 1.54) is 0 Å². The van der Waals surface area contributed by atoms with Gasteiger partial charge in [0, 0.05) is 0 Å². The van der Waals surface area contributed by atoms with E-state index in [1.807, 2.05) is 0 Å². The van der Waals surface area contributed by atoms with Crippen molar-refractivity contribution in [3.63, 3.8) is 0 Å². The van der Waals surface area contributed by atoms with Crippen LogP contribution in [0.3, 0.4) is 0 Å². The van der Waals surface area contributed by atoms with Crippen LogP contribution in [-0.4, -0.2) is 51.8 Å². The van der Waals surface area contributed by atoms with Gasteiger partial charge in [0.05, 0.1) is 18.8 Å². The Morgan fingerprint density at radius 1 is 0.864 bits per heavy atom. The van der Waals surface area contributed by atoms with Crippen molar-refractivity contribution in [3.8, 4) is 0 Å². The first kappa shape index (κ1) is 21.3. The zero-order valence-corrected chi connectivity index (χ0v) is 12.0. The summed E-state index contributed by atoms with van der Waals surface area (Å²) in [7, 11) is -12.2. The molecule has 0 spiro atoms. The van der Waals surface area contributed by atoms with Crippen LogP contribution < -0.4 is 5.48 Å². The van der Waals surface area contributed by atoms with E-state index in [4.69, 9.17) is 5.21 Å². The van der Waals surface area contributed by atoms with Gasteiger partial charge in [-0.15, -0.1) is 0 Å². The molecule has 0 rings (SSSR count). The highest BCUT2D eigenvalue weighted by Gasteiger charge is 2.50. The number of alkyl halides is 6. The molecule has 0 saturated heterocycles. The second-order valence-corrected chi connectivity index (χ2v) is 7.21. The van der Waals surface area contributed by atoms with Gasteiger partial charge in [-0.25, -0.2) is 0 Å². The number of hydrogen-bond donors (Lipinski definition) is 2. The molecule has 0 aromatic heterocycles. The Labute approximate surface area is 120 Å². The molecule has 0 aliphatic rings. The number of hydrogen-bond acceptors (Lipinski definition) is 8. The van der Waals surface area contributed by atoms with Gasteiger partial charge in [0.15, 0.2) is 0 Å². The van der Waals surface area contributed by atoms with Gasteiger partial charge in [0.25, 0.3) is 0 Å². The fourth-order valence-electron chi connectivity index (χ4n) is 0.655. The van der Waals surface area contributed by atoms with Crippen molar-refractivity contribution in [2.45, 2.75) is 23.5 Å². The summed E-state index contributed by atoms with van der Waals surface area (Å²) in [5.74, 6) is 0. The van der Waals surface area contributed by atoms with Gasteiger partial charge >= 0.3 is 31.3 Å². The van der Waals surface area contributed by atoms with Crippen LogP contribution in [0, 0.1) is 0 Å². The van der Waals surface area contributed by atoms with Crippen molar-refractivity contribution in [1.29, 1.82) is 0 Å². The molecule has 8 nitrogen and oxygen atoms in total. The van der Waals surface area contributed by atoms with Gasteiger partial charge in [-0.3, -0.25) is 8.37 Å². The van der Waals surface area contributed by atoms with Gasteiger partial charge in [0.1, 0.15) is 0 Å². The van der Waals surface area contributed by atoms with Crippen LogP contribution in [-0.2, 0) is 28.6 Å². The minimum Gasteiger partial charge on any atom is -0.316 e. The Bertz CT molecular complexity index is 532. The topological polar surface area (TPSA) is 119 Å². The molecule has 16 heteroatoms. The maximum absolute atomic E-state index is 12.0. The highest BCUT2D eigenvalue weighted by atomic mass is 32.2. The molecule has 0 bridgehead atoms. The van der Waals surface area contributed by atoms with Crippen molar-refractivity contribution < 1.29 is 56.8 Å².